The first-order chi connectivity index (χ1) is 12.9. The van der Waals surface area contributed by atoms with Crippen LogP contribution in [0.1, 0.15) is 34.0 Å². The van der Waals surface area contributed by atoms with Crippen LogP contribution in [0.4, 0.5) is 4.39 Å². The van der Waals surface area contributed by atoms with E-state index in [0.717, 1.165) is 10.6 Å². The number of aryl methyl sites for hydroxylation is 1. The Morgan fingerprint density at radius 2 is 2.04 bits per heavy atom. The Morgan fingerprint density at radius 1 is 1.22 bits per heavy atom. The van der Waals surface area contributed by atoms with Gasteiger partial charge in [-0.3, -0.25) is 0 Å². The van der Waals surface area contributed by atoms with E-state index < -0.39 is 5.82 Å². The van der Waals surface area contributed by atoms with Crippen LogP contribution in [0, 0.1) is 12.7 Å². The van der Waals surface area contributed by atoms with Gasteiger partial charge in [0.25, 0.3) is 0 Å². The average Bonchev–Trinajstić information content (AvgIpc) is 3.07. The number of thiazole rings is 1. The highest BCUT2D eigenvalue weighted by Gasteiger charge is 2.11. The van der Waals surface area contributed by atoms with Gasteiger partial charge in [0.1, 0.15) is 23.2 Å². The number of rotatable bonds is 7. The van der Waals surface area contributed by atoms with Crippen molar-refractivity contribution in [2.75, 3.05) is 0 Å². The van der Waals surface area contributed by atoms with Crippen molar-refractivity contribution in [1.29, 1.82) is 0 Å². The van der Waals surface area contributed by atoms with Gasteiger partial charge in [-0.15, -0.1) is 11.3 Å². The molecule has 0 radical (unpaired) electrons. The van der Waals surface area contributed by atoms with Crippen molar-refractivity contribution < 1.29 is 9.13 Å². The number of aromatic nitrogens is 1. The maximum absolute atomic E-state index is 13.8. The average molecular weight is 425 g/mol. The SMILES string of the molecule is Cc1cnc(C(C)NCc2ccc(OCc3c(F)cccc3Cl)c(Cl)c2)s1. The largest absolute Gasteiger partial charge is 0.487 e. The fraction of sp³-hybridized carbons (Fsp3) is 0.250. The molecule has 27 heavy (non-hydrogen) atoms. The quantitative estimate of drug-likeness (QED) is 0.481. The molecular weight excluding hydrogens is 406 g/mol. The molecule has 0 fully saturated rings. The third-order valence-electron chi connectivity index (χ3n) is 4.05. The predicted molar refractivity (Wildman–Crippen MR) is 109 cm³/mol. The van der Waals surface area contributed by atoms with Crippen LogP contribution in [0.5, 0.6) is 5.75 Å². The molecule has 7 heteroatoms. The number of halogens is 3. The summed E-state index contributed by atoms with van der Waals surface area (Å²) in [6, 6.07) is 10.2. The minimum absolute atomic E-state index is 0.0171. The molecule has 0 amide bonds. The molecule has 0 bridgehead atoms. The molecule has 3 nitrogen and oxygen atoms in total. The Labute approximate surface area is 172 Å². The molecule has 0 aliphatic rings. The fourth-order valence-electron chi connectivity index (χ4n) is 2.52. The predicted octanol–water partition coefficient (Wildman–Crippen LogP) is 6.33. The summed E-state index contributed by atoms with van der Waals surface area (Å²) in [6.45, 7) is 4.79. The van der Waals surface area contributed by atoms with Crippen LogP contribution >= 0.6 is 34.5 Å². The zero-order valence-electron chi connectivity index (χ0n) is 14.9. The molecule has 1 atom stereocenters. The number of hydrogen-bond donors (Lipinski definition) is 1. The van der Waals surface area contributed by atoms with Gasteiger partial charge in [-0.05, 0) is 43.7 Å². The Hall–Kier alpha value is -1.66. The summed E-state index contributed by atoms with van der Waals surface area (Å²) in [5.41, 5.74) is 1.34. The standard InChI is InChI=1S/C20H19Cl2FN2OS/c1-12-9-25-20(27-12)13(2)24-10-14-6-7-19(17(22)8-14)26-11-15-16(21)4-3-5-18(15)23/h3-9,13,24H,10-11H2,1-2H3. The number of hydrogen-bond acceptors (Lipinski definition) is 4. The van der Waals surface area contributed by atoms with Crippen molar-refractivity contribution in [2.24, 2.45) is 0 Å². The van der Waals surface area contributed by atoms with Crippen molar-refractivity contribution in [2.45, 2.75) is 33.0 Å². The molecule has 1 aromatic heterocycles. The molecule has 0 aliphatic carbocycles. The van der Waals surface area contributed by atoms with Crippen molar-refractivity contribution >= 4 is 34.5 Å². The second-order valence-electron chi connectivity index (χ2n) is 6.17. The zero-order chi connectivity index (χ0) is 19.4. The van der Waals surface area contributed by atoms with Crippen LogP contribution in [0.15, 0.2) is 42.6 Å². The van der Waals surface area contributed by atoms with E-state index in [1.165, 1.54) is 10.9 Å². The monoisotopic (exact) mass is 424 g/mol. The smallest absolute Gasteiger partial charge is 0.138 e. The van der Waals surface area contributed by atoms with Gasteiger partial charge < -0.3 is 10.1 Å². The molecule has 2 aromatic carbocycles. The summed E-state index contributed by atoms with van der Waals surface area (Å²) in [6.07, 6.45) is 1.88. The first-order valence-corrected chi connectivity index (χ1v) is 10.0. The van der Waals surface area contributed by atoms with E-state index in [0.29, 0.717) is 27.9 Å². The maximum atomic E-state index is 13.8. The zero-order valence-corrected chi connectivity index (χ0v) is 17.3. The third kappa shape index (κ3) is 5.20. The van der Waals surface area contributed by atoms with Crippen molar-refractivity contribution in [3.8, 4) is 5.75 Å². The minimum Gasteiger partial charge on any atom is -0.487 e. The Balaban J connectivity index is 1.60. The van der Waals surface area contributed by atoms with E-state index in [4.69, 9.17) is 27.9 Å². The highest BCUT2D eigenvalue weighted by molar-refractivity contribution is 7.11. The molecule has 3 rings (SSSR count). The normalized spacial score (nSPS) is 12.2. The lowest BCUT2D eigenvalue weighted by atomic mass is 10.2. The second-order valence-corrected chi connectivity index (χ2v) is 8.25. The minimum atomic E-state index is -0.397. The van der Waals surface area contributed by atoms with Crippen molar-refractivity contribution in [1.82, 2.24) is 10.3 Å². The molecule has 0 saturated carbocycles. The maximum Gasteiger partial charge on any atom is 0.138 e. The van der Waals surface area contributed by atoms with E-state index in [9.17, 15) is 4.39 Å². The number of nitrogens with one attached hydrogen (secondary N) is 1. The first-order valence-electron chi connectivity index (χ1n) is 8.44. The Kier molecular flexibility index (Phi) is 6.71. The molecular formula is C20H19Cl2FN2OS. The molecule has 0 saturated heterocycles. The van der Waals surface area contributed by atoms with Crippen LogP contribution < -0.4 is 10.1 Å². The molecule has 142 valence electrons. The Morgan fingerprint density at radius 3 is 2.70 bits per heavy atom. The second kappa shape index (κ2) is 9.02. The van der Waals surface area contributed by atoms with Crippen molar-refractivity contribution in [3.63, 3.8) is 0 Å². The third-order valence-corrected chi connectivity index (χ3v) is 5.80. The fourth-order valence-corrected chi connectivity index (χ4v) is 3.80. The van der Waals surface area contributed by atoms with E-state index >= 15 is 0 Å². The lowest BCUT2D eigenvalue weighted by Gasteiger charge is -2.13. The van der Waals surface area contributed by atoms with Crippen LogP contribution in [0.3, 0.4) is 0 Å². The number of benzene rings is 2. The van der Waals surface area contributed by atoms with Crippen LogP contribution in [-0.2, 0) is 13.2 Å². The van der Waals surface area contributed by atoms with Gasteiger partial charge in [0.05, 0.1) is 16.1 Å². The van der Waals surface area contributed by atoms with E-state index in [-0.39, 0.29) is 12.6 Å². The summed E-state index contributed by atoms with van der Waals surface area (Å²) in [4.78, 5) is 5.59. The molecule has 1 N–H and O–H groups in total. The number of ether oxygens (including phenoxy) is 1. The number of nitrogens with zero attached hydrogens (tertiary/aromatic N) is 1. The molecule has 0 spiro atoms. The van der Waals surface area contributed by atoms with Gasteiger partial charge in [0.2, 0.25) is 0 Å². The summed E-state index contributed by atoms with van der Waals surface area (Å²) in [5, 5.41) is 5.29. The topological polar surface area (TPSA) is 34.2 Å². The lowest BCUT2D eigenvalue weighted by Crippen LogP contribution is -2.17. The highest BCUT2D eigenvalue weighted by atomic mass is 35.5. The van der Waals surface area contributed by atoms with E-state index in [1.54, 1.807) is 29.5 Å². The molecule has 1 unspecified atom stereocenters. The first kappa shape index (κ1) is 20.1. The van der Waals surface area contributed by atoms with Gasteiger partial charge in [0, 0.05) is 23.2 Å². The molecule has 1 heterocycles. The summed E-state index contributed by atoms with van der Waals surface area (Å²) >= 11 is 14.0. The summed E-state index contributed by atoms with van der Waals surface area (Å²) in [5.74, 6) is 0.0918. The van der Waals surface area contributed by atoms with Gasteiger partial charge in [-0.2, -0.15) is 0 Å². The van der Waals surface area contributed by atoms with Crippen molar-refractivity contribution in [3.05, 3.63) is 79.5 Å². The van der Waals surface area contributed by atoms with Crippen LogP contribution in [0.2, 0.25) is 10.0 Å². The van der Waals surface area contributed by atoms with Gasteiger partial charge in [-0.25, -0.2) is 9.37 Å². The van der Waals surface area contributed by atoms with Gasteiger partial charge >= 0.3 is 0 Å². The summed E-state index contributed by atoms with van der Waals surface area (Å²) < 4.78 is 19.5. The Bertz CT molecular complexity index is 912. The van der Waals surface area contributed by atoms with E-state index in [2.05, 4.69) is 17.2 Å². The molecule has 0 aliphatic heterocycles. The highest BCUT2D eigenvalue weighted by Crippen LogP contribution is 2.28. The summed E-state index contributed by atoms with van der Waals surface area (Å²) in [7, 11) is 0. The van der Waals surface area contributed by atoms with Gasteiger partial charge in [-0.1, -0.05) is 35.3 Å². The molecule has 3 aromatic rings. The lowest BCUT2D eigenvalue weighted by molar-refractivity contribution is 0.300. The van der Waals surface area contributed by atoms with Gasteiger partial charge in [0.15, 0.2) is 0 Å². The van der Waals surface area contributed by atoms with Crippen LogP contribution in [-0.4, -0.2) is 4.98 Å². The van der Waals surface area contributed by atoms with E-state index in [1.807, 2.05) is 25.3 Å². The van der Waals surface area contributed by atoms with Crippen LogP contribution in [0.25, 0.3) is 0 Å².